The van der Waals surface area contributed by atoms with Gasteiger partial charge in [0.25, 0.3) is 0 Å². The average Bonchev–Trinajstić information content (AvgIpc) is 3.22. The predicted molar refractivity (Wildman–Crippen MR) is 135 cm³/mol. The smallest absolute Gasteiger partial charge is 0.338 e. The number of allylic oxidation sites excluding steroid dienone is 5. The molecule has 4 aliphatic carbocycles. The molecule has 34 heavy (non-hydrogen) atoms. The summed E-state index contributed by atoms with van der Waals surface area (Å²) in [6.45, 7) is 4.93. The first-order valence-electron chi connectivity index (χ1n) is 12.8. The van der Waals surface area contributed by atoms with Crippen molar-refractivity contribution in [1.29, 1.82) is 0 Å². The standard InChI is InChI=1S/C31H33NO2/c1-30-16-14-24(34-29(33)21-7-4-3-5-8-21)19-23(30)10-11-25-27-13-12-26(22-9-6-18-32-20-22)31(27,2)17-15-28(25)30/h3-10,12-13,18,20,24-25,28H,11,14-17,19H2,1-2H3/t24-,25?,28?,30-,31+/m0/s1. The van der Waals surface area contributed by atoms with Crippen LogP contribution in [0.25, 0.3) is 5.57 Å². The Morgan fingerprint density at radius 2 is 1.88 bits per heavy atom. The molecule has 3 nitrogen and oxygen atoms in total. The monoisotopic (exact) mass is 451 g/mol. The van der Waals surface area contributed by atoms with Gasteiger partial charge < -0.3 is 4.74 Å². The first-order valence-corrected chi connectivity index (χ1v) is 12.8. The third-order valence-corrected chi connectivity index (χ3v) is 9.36. The molecule has 174 valence electrons. The summed E-state index contributed by atoms with van der Waals surface area (Å²) in [5.41, 5.74) is 6.81. The normalized spacial score (nSPS) is 34.1. The number of pyridine rings is 1. The molecule has 0 N–H and O–H groups in total. The minimum absolute atomic E-state index is 0.0121. The molecule has 5 atom stereocenters. The van der Waals surface area contributed by atoms with Crippen molar-refractivity contribution < 1.29 is 9.53 Å². The molecule has 0 bridgehead atoms. The van der Waals surface area contributed by atoms with Crippen LogP contribution in [0.15, 0.2) is 84.2 Å². The molecule has 6 rings (SSSR count). The van der Waals surface area contributed by atoms with Crippen LogP contribution in [0, 0.1) is 22.7 Å². The quantitative estimate of drug-likeness (QED) is 0.366. The van der Waals surface area contributed by atoms with Gasteiger partial charge in [0.1, 0.15) is 6.10 Å². The van der Waals surface area contributed by atoms with Gasteiger partial charge in [-0.25, -0.2) is 4.79 Å². The van der Waals surface area contributed by atoms with Crippen molar-refractivity contribution in [2.24, 2.45) is 22.7 Å². The van der Waals surface area contributed by atoms with Crippen molar-refractivity contribution in [2.75, 3.05) is 0 Å². The average molecular weight is 452 g/mol. The van der Waals surface area contributed by atoms with E-state index in [0.29, 0.717) is 17.4 Å². The van der Waals surface area contributed by atoms with E-state index in [1.165, 1.54) is 29.6 Å². The van der Waals surface area contributed by atoms with Gasteiger partial charge in [-0.3, -0.25) is 4.98 Å². The van der Waals surface area contributed by atoms with Gasteiger partial charge in [0, 0.05) is 24.2 Å². The van der Waals surface area contributed by atoms with Crippen LogP contribution in [0.3, 0.4) is 0 Å². The highest BCUT2D eigenvalue weighted by molar-refractivity contribution is 5.89. The van der Waals surface area contributed by atoms with Gasteiger partial charge in [0.15, 0.2) is 0 Å². The fourth-order valence-corrected chi connectivity index (χ4v) is 7.47. The molecule has 2 fully saturated rings. The van der Waals surface area contributed by atoms with Crippen molar-refractivity contribution in [2.45, 2.75) is 58.5 Å². The maximum Gasteiger partial charge on any atom is 0.338 e. The van der Waals surface area contributed by atoms with Crippen molar-refractivity contribution >= 4 is 11.5 Å². The molecule has 0 radical (unpaired) electrons. The van der Waals surface area contributed by atoms with Crippen molar-refractivity contribution in [3.8, 4) is 0 Å². The maximum atomic E-state index is 12.6. The van der Waals surface area contributed by atoms with Gasteiger partial charge in [-0.1, -0.05) is 67.5 Å². The van der Waals surface area contributed by atoms with Gasteiger partial charge in [-0.05, 0) is 78.7 Å². The summed E-state index contributed by atoms with van der Waals surface area (Å²) in [6.07, 6.45) is 17.6. The minimum Gasteiger partial charge on any atom is -0.458 e. The molecule has 4 aliphatic rings. The van der Waals surface area contributed by atoms with E-state index in [0.717, 1.165) is 25.7 Å². The first-order chi connectivity index (χ1) is 16.5. The fraction of sp³-hybridized carbons (Fsp3) is 0.419. The summed E-state index contributed by atoms with van der Waals surface area (Å²) in [5, 5.41) is 0. The Morgan fingerprint density at radius 1 is 1.03 bits per heavy atom. The maximum absolute atomic E-state index is 12.6. The zero-order valence-electron chi connectivity index (χ0n) is 20.2. The van der Waals surface area contributed by atoms with Crippen LogP contribution in [-0.4, -0.2) is 17.1 Å². The highest BCUT2D eigenvalue weighted by Crippen LogP contribution is 2.64. The van der Waals surface area contributed by atoms with Crippen molar-refractivity contribution in [3.05, 3.63) is 95.4 Å². The zero-order chi connectivity index (χ0) is 23.3. The largest absolute Gasteiger partial charge is 0.458 e. The molecule has 3 heteroatoms. The summed E-state index contributed by atoms with van der Waals surface area (Å²) in [6, 6.07) is 13.6. The van der Waals surface area contributed by atoms with Gasteiger partial charge in [0.05, 0.1) is 5.56 Å². The number of rotatable bonds is 3. The van der Waals surface area contributed by atoms with E-state index in [9.17, 15) is 4.79 Å². The molecule has 2 unspecified atom stereocenters. The van der Waals surface area contributed by atoms with Crippen LogP contribution < -0.4 is 0 Å². The lowest BCUT2D eigenvalue weighted by molar-refractivity contribution is 0.00246. The van der Waals surface area contributed by atoms with Crippen molar-refractivity contribution in [3.63, 3.8) is 0 Å². The Labute approximate surface area is 202 Å². The lowest BCUT2D eigenvalue weighted by Gasteiger charge is -2.56. The van der Waals surface area contributed by atoms with E-state index in [2.05, 4.69) is 43.1 Å². The lowest BCUT2D eigenvalue weighted by Crippen LogP contribution is -2.47. The number of benzene rings is 1. The van der Waals surface area contributed by atoms with Crippen LogP contribution in [-0.2, 0) is 4.74 Å². The molecule has 1 aromatic heterocycles. The van der Waals surface area contributed by atoms with Gasteiger partial charge in [-0.15, -0.1) is 0 Å². The van der Waals surface area contributed by atoms with Crippen LogP contribution in [0.5, 0.6) is 0 Å². The van der Waals surface area contributed by atoms with E-state index in [1.807, 2.05) is 48.8 Å². The van der Waals surface area contributed by atoms with Crippen molar-refractivity contribution in [1.82, 2.24) is 4.98 Å². The highest BCUT2D eigenvalue weighted by Gasteiger charge is 2.54. The number of carbonyl (C=O) groups is 1. The Hall–Kier alpha value is -2.94. The minimum atomic E-state index is -0.193. The number of carbonyl (C=O) groups excluding carboxylic acids is 1. The second kappa shape index (κ2) is 8.08. The van der Waals surface area contributed by atoms with E-state index < -0.39 is 0 Å². The molecular formula is C31H33NO2. The van der Waals surface area contributed by atoms with E-state index in [1.54, 1.807) is 5.57 Å². The number of fused-ring (bicyclic) bond motifs is 5. The van der Waals surface area contributed by atoms with Gasteiger partial charge in [0.2, 0.25) is 0 Å². The molecule has 2 saturated carbocycles. The van der Waals surface area contributed by atoms with Gasteiger partial charge >= 0.3 is 5.97 Å². The number of esters is 1. The molecule has 1 aromatic carbocycles. The zero-order valence-corrected chi connectivity index (χ0v) is 20.2. The third kappa shape index (κ3) is 3.32. The summed E-state index contributed by atoms with van der Waals surface area (Å²) in [4.78, 5) is 17.0. The second-order valence-corrected chi connectivity index (χ2v) is 11.0. The van der Waals surface area contributed by atoms with Gasteiger partial charge in [-0.2, -0.15) is 0 Å². The first kappa shape index (κ1) is 21.6. The van der Waals surface area contributed by atoms with E-state index in [4.69, 9.17) is 4.74 Å². The molecule has 1 heterocycles. The Bertz CT molecular complexity index is 1190. The molecular weight excluding hydrogens is 418 g/mol. The summed E-state index contributed by atoms with van der Waals surface area (Å²) in [5.74, 6) is 1.07. The molecule has 0 spiro atoms. The summed E-state index contributed by atoms with van der Waals surface area (Å²) >= 11 is 0. The third-order valence-electron chi connectivity index (χ3n) is 9.36. The number of hydrogen-bond acceptors (Lipinski definition) is 3. The van der Waals surface area contributed by atoms with Crippen LogP contribution >= 0.6 is 0 Å². The molecule has 0 saturated heterocycles. The lowest BCUT2D eigenvalue weighted by atomic mass is 9.49. The number of nitrogens with zero attached hydrogens (tertiary/aromatic N) is 1. The Balaban J connectivity index is 1.21. The Kier molecular flexibility index (Phi) is 5.13. The number of ether oxygens (including phenoxy) is 1. The fourth-order valence-electron chi connectivity index (χ4n) is 7.47. The van der Waals surface area contributed by atoms with Crippen LogP contribution in [0.1, 0.15) is 68.3 Å². The van der Waals surface area contributed by atoms with Crippen LogP contribution in [0.4, 0.5) is 0 Å². The van der Waals surface area contributed by atoms with E-state index in [-0.39, 0.29) is 22.9 Å². The summed E-state index contributed by atoms with van der Waals surface area (Å²) in [7, 11) is 0. The van der Waals surface area contributed by atoms with Crippen LogP contribution in [0.2, 0.25) is 0 Å². The Morgan fingerprint density at radius 3 is 2.68 bits per heavy atom. The number of hydrogen-bond donors (Lipinski definition) is 0. The number of aromatic nitrogens is 1. The SMILES string of the molecule is C[C@]12CCC3C(CC=C4C[C@@H](OC(=O)c5ccccc5)CC[C@@]43C)C1=CC=C2c1cccnc1. The second-order valence-electron chi connectivity index (χ2n) is 11.0. The molecule has 2 aromatic rings. The predicted octanol–water partition coefficient (Wildman–Crippen LogP) is 7.18. The molecule has 0 aliphatic heterocycles. The topological polar surface area (TPSA) is 39.2 Å². The highest BCUT2D eigenvalue weighted by atomic mass is 16.5. The van der Waals surface area contributed by atoms with E-state index >= 15 is 0 Å². The molecule has 0 amide bonds. The summed E-state index contributed by atoms with van der Waals surface area (Å²) < 4.78 is 5.95.